The zero-order chi connectivity index (χ0) is 17.4. The molecular formula is C16H21N5O3. The molecule has 1 atom stereocenters. The molecule has 0 aliphatic carbocycles. The summed E-state index contributed by atoms with van der Waals surface area (Å²) in [5.41, 5.74) is 6.76. The number of amides is 1. The summed E-state index contributed by atoms with van der Waals surface area (Å²) in [6.07, 6.45) is 0. The fraction of sp³-hybridized carbons (Fsp3) is 0.438. The van der Waals surface area contributed by atoms with Gasteiger partial charge in [0.1, 0.15) is 12.4 Å². The maximum absolute atomic E-state index is 12.0. The number of anilines is 2. The first-order chi connectivity index (χ1) is 11.4. The topological polar surface area (TPSA) is 93.8 Å². The summed E-state index contributed by atoms with van der Waals surface area (Å²) in [6.45, 7) is 2.88. The second-order valence-electron chi connectivity index (χ2n) is 5.88. The Bertz CT molecular complexity index is 795. The van der Waals surface area contributed by atoms with Gasteiger partial charge in [-0.1, -0.05) is 0 Å². The van der Waals surface area contributed by atoms with Crippen molar-refractivity contribution >= 4 is 28.6 Å². The Balaban J connectivity index is 2.08. The van der Waals surface area contributed by atoms with Gasteiger partial charge in [0, 0.05) is 31.1 Å². The standard InChI is InChI=1S/C16H21N5O3/c1-9-7-20(2)14(22)8-21(9)16-18-11-6-13(24-4)12(23-3)5-10(11)15(17)19-16/h5-6,9H,7-8H2,1-4H3,(H2,17,18,19). The molecule has 0 saturated carbocycles. The second-order valence-corrected chi connectivity index (χ2v) is 5.88. The van der Waals surface area contributed by atoms with Crippen molar-refractivity contribution < 1.29 is 14.3 Å². The Morgan fingerprint density at radius 1 is 1.21 bits per heavy atom. The number of methoxy groups -OCH3 is 2. The van der Waals surface area contributed by atoms with Gasteiger partial charge >= 0.3 is 0 Å². The summed E-state index contributed by atoms with van der Waals surface area (Å²) in [5.74, 6) is 1.95. The van der Waals surface area contributed by atoms with Crippen molar-refractivity contribution in [3.8, 4) is 11.5 Å². The number of nitrogen functional groups attached to an aromatic ring is 1. The van der Waals surface area contributed by atoms with Crippen molar-refractivity contribution in [2.45, 2.75) is 13.0 Å². The quantitative estimate of drug-likeness (QED) is 0.893. The van der Waals surface area contributed by atoms with Crippen molar-refractivity contribution in [3.05, 3.63) is 12.1 Å². The van der Waals surface area contributed by atoms with Crippen molar-refractivity contribution in [1.29, 1.82) is 0 Å². The summed E-state index contributed by atoms with van der Waals surface area (Å²) < 4.78 is 10.6. The highest BCUT2D eigenvalue weighted by molar-refractivity contribution is 5.92. The minimum Gasteiger partial charge on any atom is -0.493 e. The lowest BCUT2D eigenvalue weighted by Crippen LogP contribution is -2.54. The van der Waals surface area contributed by atoms with Crippen LogP contribution < -0.4 is 20.1 Å². The van der Waals surface area contributed by atoms with E-state index in [0.717, 1.165) is 0 Å². The van der Waals surface area contributed by atoms with Gasteiger partial charge in [-0.25, -0.2) is 4.98 Å². The van der Waals surface area contributed by atoms with Gasteiger partial charge in [-0.2, -0.15) is 4.98 Å². The van der Waals surface area contributed by atoms with Crippen LogP contribution in [0.5, 0.6) is 11.5 Å². The summed E-state index contributed by atoms with van der Waals surface area (Å²) in [6, 6.07) is 3.62. The lowest BCUT2D eigenvalue weighted by atomic mass is 10.2. The van der Waals surface area contributed by atoms with E-state index in [0.29, 0.717) is 40.7 Å². The van der Waals surface area contributed by atoms with Crippen molar-refractivity contribution in [2.24, 2.45) is 0 Å². The molecule has 24 heavy (non-hydrogen) atoms. The van der Waals surface area contributed by atoms with Crippen LogP contribution in [0, 0.1) is 0 Å². The van der Waals surface area contributed by atoms with Crippen LogP contribution in [0.3, 0.4) is 0 Å². The van der Waals surface area contributed by atoms with E-state index < -0.39 is 0 Å². The van der Waals surface area contributed by atoms with Crippen LogP contribution in [0.4, 0.5) is 11.8 Å². The van der Waals surface area contributed by atoms with Gasteiger partial charge in [0.25, 0.3) is 0 Å². The number of ether oxygens (including phenoxy) is 2. The number of benzene rings is 1. The summed E-state index contributed by atoms with van der Waals surface area (Å²) in [5, 5.41) is 0.685. The average molecular weight is 331 g/mol. The highest BCUT2D eigenvalue weighted by Gasteiger charge is 2.29. The first-order valence-electron chi connectivity index (χ1n) is 7.64. The number of fused-ring (bicyclic) bond motifs is 1. The Labute approximate surface area is 140 Å². The Hall–Kier alpha value is -2.77. The molecule has 0 bridgehead atoms. The molecule has 8 heteroatoms. The molecule has 1 aliphatic rings. The van der Waals surface area contributed by atoms with Crippen molar-refractivity contribution in [1.82, 2.24) is 14.9 Å². The molecule has 3 rings (SSSR count). The maximum atomic E-state index is 12.0. The highest BCUT2D eigenvalue weighted by Crippen LogP contribution is 2.34. The maximum Gasteiger partial charge on any atom is 0.242 e. The van der Waals surface area contributed by atoms with E-state index in [1.54, 1.807) is 38.3 Å². The first kappa shape index (κ1) is 16.1. The van der Waals surface area contributed by atoms with Crippen LogP contribution >= 0.6 is 0 Å². The molecule has 1 aromatic carbocycles. The summed E-state index contributed by atoms with van der Waals surface area (Å²) in [7, 11) is 4.92. The second kappa shape index (κ2) is 6.03. The smallest absolute Gasteiger partial charge is 0.242 e. The van der Waals surface area contributed by atoms with E-state index in [1.807, 2.05) is 11.8 Å². The molecule has 8 nitrogen and oxygen atoms in total. The van der Waals surface area contributed by atoms with Crippen LogP contribution in [0.25, 0.3) is 10.9 Å². The minimum absolute atomic E-state index is 0.0303. The van der Waals surface area contributed by atoms with E-state index in [9.17, 15) is 4.79 Å². The Kier molecular flexibility index (Phi) is 4.04. The normalized spacial score (nSPS) is 18.2. The van der Waals surface area contributed by atoms with Gasteiger partial charge in [-0.05, 0) is 13.0 Å². The number of hydrogen-bond acceptors (Lipinski definition) is 7. The van der Waals surface area contributed by atoms with E-state index in [4.69, 9.17) is 15.2 Å². The monoisotopic (exact) mass is 331 g/mol. The first-order valence-corrected chi connectivity index (χ1v) is 7.64. The molecule has 2 heterocycles. The number of hydrogen-bond donors (Lipinski definition) is 1. The lowest BCUT2D eigenvalue weighted by Gasteiger charge is -2.37. The number of piperazine rings is 1. The molecule has 1 aromatic heterocycles. The van der Waals surface area contributed by atoms with Gasteiger partial charge in [-0.3, -0.25) is 4.79 Å². The van der Waals surface area contributed by atoms with Gasteiger partial charge in [0.15, 0.2) is 11.5 Å². The average Bonchev–Trinajstić information content (AvgIpc) is 2.56. The van der Waals surface area contributed by atoms with Crippen molar-refractivity contribution in [2.75, 3.05) is 45.0 Å². The number of likely N-dealkylation sites (N-methyl/N-ethyl adjacent to an activating group) is 1. The largest absolute Gasteiger partial charge is 0.493 e. The fourth-order valence-electron chi connectivity index (χ4n) is 2.88. The summed E-state index contributed by atoms with van der Waals surface area (Å²) in [4.78, 5) is 24.6. The minimum atomic E-state index is 0.0303. The molecule has 1 aliphatic heterocycles. The number of nitrogens with zero attached hydrogens (tertiary/aromatic N) is 4. The predicted molar refractivity (Wildman–Crippen MR) is 91.5 cm³/mol. The molecule has 1 unspecified atom stereocenters. The van der Waals surface area contributed by atoms with Crippen molar-refractivity contribution in [3.63, 3.8) is 0 Å². The van der Waals surface area contributed by atoms with Gasteiger partial charge in [0.2, 0.25) is 11.9 Å². The molecule has 1 saturated heterocycles. The molecule has 0 radical (unpaired) electrons. The molecule has 2 aromatic rings. The zero-order valence-corrected chi connectivity index (χ0v) is 14.2. The van der Waals surface area contributed by atoms with Crippen LogP contribution in [0.2, 0.25) is 0 Å². The molecule has 1 fully saturated rings. The van der Waals surface area contributed by atoms with E-state index in [1.165, 1.54) is 0 Å². The van der Waals surface area contributed by atoms with Gasteiger partial charge in [-0.15, -0.1) is 0 Å². The van der Waals surface area contributed by atoms with E-state index >= 15 is 0 Å². The predicted octanol–water partition coefficient (Wildman–Crippen LogP) is 0.896. The number of aromatic nitrogens is 2. The Morgan fingerprint density at radius 2 is 1.88 bits per heavy atom. The van der Waals surface area contributed by atoms with Crippen LogP contribution in [0.15, 0.2) is 12.1 Å². The van der Waals surface area contributed by atoms with Gasteiger partial charge in [0.05, 0.1) is 19.7 Å². The molecular weight excluding hydrogens is 310 g/mol. The van der Waals surface area contributed by atoms with Crippen LogP contribution in [-0.2, 0) is 4.79 Å². The SMILES string of the molecule is COc1cc2nc(N3CC(=O)N(C)CC3C)nc(N)c2cc1OC. The summed E-state index contributed by atoms with van der Waals surface area (Å²) >= 11 is 0. The lowest BCUT2D eigenvalue weighted by molar-refractivity contribution is -0.130. The third kappa shape index (κ3) is 2.64. The zero-order valence-electron chi connectivity index (χ0n) is 14.2. The van der Waals surface area contributed by atoms with Gasteiger partial charge < -0.3 is 25.0 Å². The third-order valence-corrected chi connectivity index (χ3v) is 4.28. The van der Waals surface area contributed by atoms with E-state index in [2.05, 4.69) is 9.97 Å². The highest BCUT2D eigenvalue weighted by atomic mass is 16.5. The fourth-order valence-corrected chi connectivity index (χ4v) is 2.88. The third-order valence-electron chi connectivity index (χ3n) is 4.28. The Morgan fingerprint density at radius 3 is 2.54 bits per heavy atom. The molecule has 0 spiro atoms. The number of nitrogens with two attached hydrogens (primary N) is 1. The molecule has 2 N–H and O–H groups in total. The number of carbonyl (C=O) groups is 1. The van der Waals surface area contributed by atoms with E-state index in [-0.39, 0.29) is 18.5 Å². The molecule has 1 amide bonds. The molecule has 128 valence electrons. The number of rotatable bonds is 3. The van der Waals surface area contributed by atoms with Crippen LogP contribution in [0.1, 0.15) is 6.92 Å². The van der Waals surface area contributed by atoms with Crippen LogP contribution in [-0.4, -0.2) is 61.2 Å². The number of carbonyl (C=O) groups excluding carboxylic acids is 1.